The monoisotopic (exact) mass is 388 g/mol. The van der Waals surface area contributed by atoms with Crippen LogP contribution in [0.15, 0.2) is 24.3 Å². The van der Waals surface area contributed by atoms with Crippen LogP contribution in [0.4, 0.5) is 4.79 Å². The first-order chi connectivity index (χ1) is 11.5. The SMILES string of the molecule is CC(C)(C)OC(=O)N[C@H]1CCCN(S(=O)(=O)Cc2ccc(Cl)cc2)C1. The van der Waals surface area contributed by atoms with Gasteiger partial charge in [0.1, 0.15) is 5.60 Å². The van der Waals surface area contributed by atoms with Crippen molar-refractivity contribution in [3.05, 3.63) is 34.9 Å². The van der Waals surface area contributed by atoms with Gasteiger partial charge in [0.25, 0.3) is 0 Å². The molecule has 1 fully saturated rings. The molecule has 1 heterocycles. The number of ether oxygens (including phenoxy) is 1. The number of hydrogen-bond acceptors (Lipinski definition) is 4. The zero-order valence-electron chi connectivity index (χ0n) is 14.8. The molecule has 2 rings (SSSR count). The predicted molar refractivity (Wildman–Crippen MR) is 98.0 cm³/mol. The standard InChI is InChI=1S/C17H25ClN2O4S/c1-17(2,3)24-16(21)19-15-5-4-10-20(11-15)25(22,23)12-13-6-8-14(18)9-7-13/h6-9,15H,4-5,10-12H2,1-3H3,(H,19,21)/t15-/m0/s1. The molecule has 1 aromatic rings. The van der Waals surface area contributed by atoms with Crippen molar-refractivity contribution in [3.63, 3.8) is 0 Å². The van der Waals surface area contributed by atoms with E-state index in [2.05, 4.69) is 5.32 Å². The number of benzene rings is 1. The van der Waals surface area contributed by atoms with Crippen LogP contribution in [0.1, 0.15) is 39.2 Å². The van der Waals surface area contributed by atoms with E-state index in [1.165, 1.54) is 4.31 Å². The number of amides is 1. The molecule has 0 aliphatic carbocycles. The molecular weight excluding hydrogens is 364 g/mol. The highest BCUT2D eigenvalue weighted by atomic mass is 35.5. The second-order valence-electron chi connectivity index (χ2n) is 7.23. The summed E-state index contributed by atoms with van der Waals surface area (Å²) in [5, 5.41) is 3.33. The fourth-order valence-corrected chi connectivity index (χ4v) is 4.41. The average Bonchev–Trinajstić information content (AvgIpc) is 2.48. The summed E-state index contributed by atoms with van der Waals surface area (Å²) < 4.78 is 32.0. The summed E-state index contributed by atoms with van der Waals surface area (Å²) in [6.07, 6.45) is 0.904. The zero-order chi connectivity index (χ0) is 18.7. The molecule has 1 amide bonds. The van der Waals surface area contributed by atoms with Crippen molar-refractivity contribution in [2.24, 2.45) is 0 Å². The first-order valence-electron chi connectivity index (χ1n) is 8.27. The van der Waals surface area contributed by atoms with Crippen molar-refractivity contribution in [2.45, 2.75) is 51.0 Å². The first kappa shape index (κ1) is 20.0. The van der Waals surface area contributed by atoms with Crippen molar-refractivity contribution >= 4 is 27.7 Å². The number of nitrogens with zero attached hydrogens (tertiary/aromatic N) is 1. The summed E-state index contributed by atoms with van der Waals surface area (Å²) in [7, 11) is -3.45. The highest BCUT2D eigenvalue weighted by molar-refractivity contribution is 7.88. The Kier molecular flexibility index (Phi) is 6.35. The van der Waals surface area contributed by atoms with E-state index < -0.39 is 21.7 Å². The molecule has 1 saturated heterocycles. The van der Waals surface area contributed by atoms with E-state index in [4.69, 9.17) is 16.3 Å². The van der Waals surface area contributed by atoms with E-state index in [9.17, 15) is 13.2 Å². The van der Waals surface area contributed by atoms with Gasteiger partial charge in [-0.25, -0.2) is 13.2 Å². The Morgan fingerprint density at radius 2 is 1.96 bits per heavy atom. The lowest BCUT2D eigenvalue weighted by molar-refractivity contribution is 0.0487. The summed E-state index contributed by atoms with van der Waals surface area (Å²) >= 11 is 5.83. The third-order valence-corrected chi connectivity index (χ3v) is 5.83. The van der Waals surface area contributed by atoms with Gasteiger partial charge in [0, 0.05) is 24.2 Å². The van der Waals surface area contributed by atoms with Crippen molar-refractivity contribution in [3.8, 4) is 0 Å². The quantitative estimate of drug-likeness (QED) is 0.859. The molecule has 1 atom stereocenters. The Labute approximate surface area is 154 Å². The molecular formula is C17H25ClN2O4S. The molecule has 0 radical (unpaired) electrons. The van der Waals surface area contributed by atoms with Crippen LogP contribution in [0, 0.1) is 0 Å². The maximum absolute atomic E-state index is 12.6. The Hall–Kier alpha value is -1.31. The summed E-state index contributed by atoms with van der Waals surface area (Å²) in [5.41, 5.74) is 0.102. The van der Waals surface area contributed by atoms with Crippen LogP contribution in [-0.2, 0) is 20.5 Å². The van der Waals surface area contributed by atoms with E-state index in [0.29, 0.717) is 23.6 Å². The number of sulfonamides is 1. The summed E-state index contributed by atoms with van der Waals surface area (Å²) in [5.74, 6) is -0.0800. The van der Waals surface area contributed by atoms with Crippen LogP contribution >= 0.6 is 11.6 Å². The fraction of sp³-hybridized carbons (Fsp3) is 0.588. The molecule has 0 saturated carbocycles. The Morgan fingerprint density at radius 1 is 1.32 bits per heavy atom. The van der Waals surface area contributed by atoms with Crippen molar-refractivity contribution in [1.29, 1.82) is 0 Å². The Balaban J connectivity index is 1.97. The molecule has 8 heteroatoms. The number of hydrogen-bond donors (Lipinski definition) is 1. The van der Waals surface area contributed by atoms with E-state index in [1.807, 2.05) is 0 Å². The van der Waals surface area contributed by atoms with Gasteiger partial charge in [-0.15, -0.1) is 0 Å². The lowest BCUT2D eigenvalue weighted by atomic mass is 10.1. The van der Waals surface area contributed by atoms with Gasteiger partial charge in [-0.1, -0.05) is 23.7 Å². The Morgan fingerprint density at radius 3 is 2.56 bits per heavy atom. The number of nitrogens with one attached hydrogen (secondary N) is 1. The lowest BCUT2D eigenvalue weighted by Gasteiger charge is -2.32. The van der Waals surface area contributed by atoms with Gasteiger partial charge in [-0.3, -0.25) is 0 Å². The predicted octanol–water partition coefficient (Wildman–Crippen LogP) is 3.16. The molecule has 1 N–H and O–H groups in total. The van der Waals surface area contributed by atoms with E-state index in [-0.39, 0.29) is 18.3 Å². The molecule has 1 aliphatic heterocycles. The maximum atomic E-state index is 12.6. The molecule has 0 aromatic heterocycles. The van der Waals surface area contributed by atoms with Crippen LogP contribution in [0.25, 0.3) is 0 Å². The van der Waals surface area contributed by atoms with Crippen molar-refractivity contribution in [1.82, 2.24) is 9.62 Å². The molecule has 1 aromatic carbocycles. The van der Waals surface area contributed by atoms with Crippen LogP contribution < -0.4 is 5.32 Å². The number of halogens is 1. The van der Waals surface area contributed by atoms with Crippen LogP contribution in [0.3, 0.4) is 0 Å². The summed E-state index contributed by atoms with van der Waals surface area (Å²) in [6, 6.07) is 6.52. The minimum atomic E-state index is -3.45. The zero-order valence-corrected chi connectivity index (χ0v) is 16.4. The number of alkyl carbamates (subject to hydrolysis) is 1. The third kappa shape index (κ3) is 6.49. The number of carbonyl (C=O) groups excluding carboxylic acids is 1. The van der Waals surface area contributed by atoms with Crippen molar-refractivity contribution < 1.29 is 17.9 Å². The van der Waals surface area contributed by atoms with E-state index in [1.54, 1.807) is 45.0 Å². The van der Waals surface area contributed by atoms with Gasteiger partial charge in [-0.05, 0) is 51.3 Å². The minimum Gasteiger partial charge on any atom is -0.444 e. The van der Waals surface area contributed by atoms with Gasteiger partial charge in [0.2, 0.25) is 10.0 Å². The van der Waals surface area contributed by atoms with Gasteiger partial charge >= 0.3 is 6.09 Å². The maximum Gasteiger partial charge on any atom is 0.407 e. The van der Waals surface area contributed by atoms with Gasteiger partial charge in [-0.2, -0.15) is 4.31 Å². The molecule has 6 nitrogen and oxygen atoms in total. The van der Waals surface area contributed by atoms with Gasteiger partial charge in [0.05, 0.1) is 5.75 Å². The second kappa shape index (κ2) is 7.93. The molecule has 0 bridgehead atoms. The smallest absolute Gasteiger partial charge is 0.407 e. The normalized spacial score (nSPS) is 19.4. The molecule has 0 spiro atoms. The molecule has 25 heavy (non-hydrogen) atoms. The molecule has 140 valence electrons. The second-order valence-corrected chi connectivity index (χ2v) is 9.63. The first-order valence-corrected chi connectivity index (χ1v) is 10.3. The fourth-order valence-electron chi connectivity index (χ4n) is 2.67. The van der Waals surface area contributed by atoms with E-state index in [0.717, 1.165) is 6.42 Å². The number of carbonyl (C=O) groups is 1. The average molecular weight is 389 g/mol. The van der Waals surface area contributed by atoms with E-state index >= 15 is 0 Å². The topological polar surface area (TPSA) is 75.7 Å². The number of piperidine rings is 1. The lowest BCUT2D eigenvalue weighted by Crippen LogP contribution is -2.50. The van der Waals surface area contributed by atoms with Crippen LogP contribution in [0.5, 0.6) is 0 Å². The van der Waals surface area contributed by atoms with Gasteiger partial charge in [0.15, 0.2) is 0 Å². The Bertz CT molecular complexity index is 698. The van der Waals surface area contributed by atoms with Crippen LogP contribution in [-0.4, -0.2) is 43.5 Å². The minimum absolute atomic E-state index is 0.0800. The number of rotatable bonds is 4. The molecule has 1 aliphatic rings. The van der Waals surface area contributed by atoms with Gasteiger partial charge < -0.3 is 10.1 Å². The highest BCUT2D eigenvalue weighted by Crippen LogP contribution is 2.19. The summed E-state index contributed by atoms with van der Waals surface area (Å²) in [4.78, 5) is 11.9. The largest absolute Gasteiger partial charge is 0.444 e. The molecule has 0 unspecified atom stereocenters. The highest BCUT2D eigenvalue weighted by Gasteiger charge is 2.30. The summed E-state index contributed by atoms with van der Waals surface area (Å²) in [6.45, 7) is 6.08. The third-order valence-electron chi connectivity index (χ3n) is 3.76. The van der Waals surface area contributed by atoms with Crippen molar-refractivity contribution in [2.75, 3.05) is 13.1 Å². The van der Waals surface area contributed by atoms with Crippen LogP contribution in [0.2, 0.25) is 5.02 Å².